The maximum atomic E-state index is 10.0. The zero-order valence-corrected chi connectivity index (χ0v) is 10.2. The topological polar surface area (TPSA) is 50.7 Å². The van der Waals surface area contributed by atoms with Crippen molar-refractivity contribution in [2.45, 2.75) is 19.1 Å². The summed E-state index contributed by atoms with van der Waals surface area (Å²) in [5.41, 5.74) is 0.805. The van der Waals surface area contributed by atoms with Crippen LogP contribution in [0.25, 0.3) is 0 Å². The lowest BCUT2D eigenvalue weighted by Gasteiger charge is -2.19. The Bertz CT molecular complexity index is 341. The molecule has 1 rings (SSSR count). The zero-order valence-electron chi connectivity index (χ0n) is 10.2. The Kier molecular flexibility index (Phi) is 4.58. The summed E-state index contributed by atoms with van der Waals surface area (Å²) in [5.74, 6) is 1.29. The van der Waals surface area contributed by atoms with E-state index in [1.807, 2.05) is 20.0 Å². The highest BCUT2D eigenvalue weighted by molar-refractivity contribution is 5.43. The van der Waals surface area contributed by atoms with Gasteiger partial charge in [0.25, 0.3) is 0 Å². The summed E-state index contributed by atoms with van der Waals surface area (Å²) in [4.78, 5) is 0. The van der Waals surface area contributed by atoms with E-state index in [1.54, 1.807) is 26.4 Å². The first-order valence-corrected chi connectivity index (χ1v) is 5.21. The third kappa shape index (κ3) is 2.65. The molecule has 0 spiro atoms. The van der Waals surface area contributed by atoms with Crippen LogP contribution in [-0.2, 0) is 0 Å². The number of benzene rings is 1. The molecule has 1 aromatic carbocycles. The van der Waals surface area contributed by atoms with Crippen LogP contribution in [0.5, 0.6) is 11.5 Å². The van der Waals surface area contributed by atoms with Gasteiger partial charge in [0.15, 0.2) is 11.5 Å². The molecule has 16 heavy (non-hydrogen) atoms. The zero-order chi connectivity index (χ0) is 12.1. The van der Waals surface area contributed by atoms with Crippen LogP contribution >= 0.6 is 0 Å². The van der Waals surface area contributed by atoms with Crippen LogP contribution in [0.2, 0.25) is 0 Å². The first-order chi connectivity index (χ1) is 7.63. The number of aliphatic hydroxyl groups excluding tert-OH is 1. The Morgan fingerprint density at radius 2 is 1.81 bits per heavy atom. The van der Waals surface area contributed by atoms with Gasteiger partial charge >= 0.3 is 0 Å². The van der Waals surface area contributed by atoms with Gasteiger partial charge in [-0.15, -0.1) is 0 Å². The van der Waals surface area contributed by atoms with Crippen molar-refractivity contribution in [1.29, 1.82) is 0 Å². The third-order valence-corrected chi connectivity index (χ3v) is 2.68. The first kappa shape index (κ1) is 12.8. The highest BCUT2D eigenvalue weighted by Gasteiger charge is 2.16. The molecule has 4 heteroatoms. The molecule has 2 atom stereocenters. The van der Waals surface area contributed by atoms with Gasteiger partial charge in [-0.2, -0.15) is 0 Å². The van der Waals surface area contributed by atoms with Crippen LogP contribution in [0.4, 0.5) is 0 Å². The van der Waals surface area contributed by atoms with E-state index in [0.29, 0.717) is 11.5 Å². The second kappa shape index (κ2) is 5.72. The average Bonchev–Trinajstić information content (AvgIpc) is 2.35. The molecule has 0 bridgehead atoms. The molecule has 0 saturated heterocycles. The molecule has 2 N–H and O–H groups in total. The number of aliphatic hydroxyl groups is 1. The van der Waals surface area contributed by atoms with Crippen molar-refractivity contribution in [1.82, 2.24) is 5.32 Å². The molecular formula is C12H19NO3. The predicted octanol–water partition coefficient (Wildman–Crippen LogP) is 1.35. The van der Waals surface area contributed by atoms with E-state index in [0.717, 1.165) is 5.56 Å². The molecule has 0 saturated carbocycles. The number of hydrogen-bond acceptors (Lipinski definition) is 4. The van der Waals surface area contributed by atoms with Gasteiger partial charge in [-0.25, -0.2) is 0 Å². The minimum absolute atomic E-state index is 0.0156. The summed E-state index contributed by atoms with van der Waals surface area (Å²) in [6.07, 6.45) is -0.565. The van der Waals surface area contributed by atoms with E-state index in [-0.39, 0.29) is 6.04 Å². The van der Waals surface area contributed by atoms with Gasteiger partial charge in [0.05, 0.1) is 20.3 Å². The fourth-order valence-corrected chi connectivity index (χ4v) is 1.48. The van der Waals surface area contributed by atoms with Crippen molar-refractivity contribution in [2.75, 3.05) is 21.3 Å². The normalized spacial score (nSPS) is 14.3. The Hall–Kier alpha value is -1.26. The molecule has 4 nitrogen and oxygen atoms in total. The monoisotopic (exact) mass is 225 g/mol. The SMILES string of the molecule is CNC(C)C(O)c1ccc(OC)c(OC)c1. The van der Waals surface area contributed by atoms with Crippen molar-refractivity contribution in [3.63, 3.8) is 0 Å². The molecule has 0 radical (unpaired) electrons. The lowest BCUT2D eigenvalue weighted by Crippen LogP contribution is -2.28. The molecule has 0 aromatic heterocycles. The molecule has 0 amide bonds. The van der Waals surface area contributed by atoms with Gasteiger partial charge in [-0.3, -0.25) is 0 Å². The highest BCUT2D eigenvalue weighted by atomic mass is 16.5. The van der Waals surface area contributed by atoms with Crippen LogP contribution < -0.4 is 14.8 Å². The quantitative estimate of drug-likeness (QED) is 0.794. The number of methoxy groups -OCH3 is 2. The third-order valence-electron chi connectivity index (χ3n) is 2.68. The summed E-state index contributed by atoms with van der Waals surface area (Å²) in [5, 5.41) is 13.0. The Morgan fingerprint density at radius 3 is 2.31 bits per heavy atom. The van der Waals surface area contributed by atoms with Crippen molar-refractivity contribution < 1.29 is 14.6 Å². The van der Waals surface area contributed by atoms with Gasteiger partial charge in [0.2, 0.25) is 0 Å². The number of rotatable bonds is 5. The second-order valence-electron chi connectivity index (χ2n) is 3.64. The molecule has 0 aliphatic carbocycles. The number of nitrogens with one attached hydrogen (secondary N) is 1. The molecular weight excluding hydrogens is 206 g/mol. The predicted molar refractivity (Wildman–Crippen MR) is 63.0 cm³/mol. The van der Waals surface area contributed by atoms with Crippen LogP contribution in [0.1, 0.15) is 18.6 Å². The van der Waals surface area contributed by atoms with E-state index in [1.165, 1.54) is 0 Å². The van der Waals surface area contributed by atoms with Gasteiger partial charge < -0.3 is 19.9 Å². The minimum Gasteiger partial charge on any atom is -0.493 e. The van der Waals surface area contributed by atoms with Crippen molar-refractivity contribution in [3.8, 4) is 11.5 Å². The van der Waals surface area contributed by atoms with Gasteiger partial charge in [0, 0.05) is 6.04 Å². The van der Waals surface area contributed by atoms with Gasteiger partial charge in [-0.05, 0) is 31.7 Å². The standard InChI is InChI=1S/C12H19NO3/c1-8(13-2)12(14)9-5-6-10(15-3)11(7-9)16-4/h5-8,12-14H,1-4H3. The van der Waals surface area contributed by atoms with E-state index >= 15 is 0 Å². The lowest BCUT2D eigenvalue weighted by atomic mass is 10.0. The van der Waals surface area contributed by atoms with Gasteiger partial charge in [0.1, 0.15) is 0 Å². The summed E-state index contributed by atoms with van der Waals surface area (Å²) in [7, 11) is 4.98. The van der Waals surface area contributed by atoms with Gasteiger partial charge in [-0.1, -0.05) is 6.07 Å². The summed E-state index contributed by atoms with van der Waals surface area (Å²) in [6, 6.07) is 5.40. The van der Waals surface area contributed by atoms with Crippen LogP contribution in [0, 0.1) is 0 Å². The number of likely N-dealkylation sites (N-methyl/N-ethyl adjacent to an activating group) is 1. The average molecular weight is 225 g/mol. The molecule has 1 aromatic rings. The van der Waals surface area contributed by atoms with E-state index < -0.39 is 6.10 Å². The lowest BCUT2D eigenvalue weighted by molar-refractivity contribution is 0.139. The van der Waals surface area contributed by atoms with Crippen molar-refractivity contribution in [3.05, 3.63) is 23.8 Å². The molecule has 0 aliphatic heterocycles. The van der Waals surface area contributed by atoms with E-state index in [9.17, 15) is 5.11 Å². The summed E-state index contributed by atoms with van der Waals surface area (Å²) < 4.78 is 10.3. The maximum Gasteiger partial charge on any atom is 0.161 e. The first-order valence-electron chi connectivity index (χ1n) is 5.21. The van der Waals surface area contributed by atoms with Crippen LogP contribution in [-0.4, -0.2) is 32.4 Å². The summed E-state index contributed by atoms with van der Waals surface area (Å²) in [6.45, 7) is 1.92. The molecule has 0 aliphatic rings. The Morgan fingerprint density at radius 1 is 1.19 bits per heavy atom. The van der Waals surface area contributed by atoms with E-state index in [4.69, 9.17) is 9.47 Å². The maximum absolute atomic E-state index is 10.0. The molecule has 90 valence electrons. The fraction of sp³-hybridized carbons (Fsp3) is 0.500. The smallest absolute Gasteiger partial charge is 0.161 e. The highest BCUT2D eigenvalue weighted by Crippen LogP contribution is 2.30. The Labute approximate surface area is 96.2 Å². The molecule has 0 heterocycles. The largest absolute Gasteiger partial charge is 0.493 e. The number of ether oxygens (including phenoxy) is 2. The van der Waals surface area contributed by atoms with Crippen LogP contribution in [0.15, 0.2) is 18.2 Å². The number of hydrogen-bond donors (Lipinski definition) is 2. The van der Waals surface area contributed by atoms with Crippen molar-refractivity contribution in [2.24, 2.45) is 0 Å². The second-order valence-corrected chi connectivity index (χ2v) is 3.64. The summed E-state index contributed by atoms with van der Waals surface area (Å²) >= 11 is 0. The molecule has 0 fully saturated rings. The fourth-order valence-electron chi connectivity index (χ4n) is 1.48. The minimum atomic E-state index is -0.565. The van der Waals surface area contributed by atoms with Crippen LogP contribution in [0.3, 0.4) is 0 Å². The van der Waals surface area contributed by atoms with E-state index in [2.05, 4.69) is 5.32 Å². The molecule has 2 unspecified atom stereocenters. The van der Waals surface area contributed by atoms with Crippen molar-refractivity contribution >= 4 is 0 Å². The Balaban J connectivity index is 2.98.